The number of likely N-dealkylation sites (tertiary alicyclic amines) is 1. The number of methoxy groups -OCH3 is 2. The van der Waals surface area contributed by atoms with Crippen LogP contribution in [0.4, 0.5) is 9.59 Å². The summed E-state index contributed by atoms with van der Waals surface area (Å²) >= 11 is 0. The molecule has 0 bridgehead atoms. The molecule has 0 radical (unpaired) electrons. The van der Waals surface area contributed by atoms with E-state index in [1.807, 2.05) is 49.8 Å². The van der Waals surface area contributed by atoms with Crippen LogP contribution in [-0.4, -0.2) is 105 Å². The summed E-state index contributed by atoms with van der Waals surface area (Å²) in [5.41, 5.74) is 6.56. The molecule has 66 heavy (non-hydrogen) atoms. The van der Waals surface area contributed by atoms with Crippen LogP contribution in [0, 0.1) is 17.8 Å². The second-order valence-electron chi connectivity index (χ2n) is 19.0. The smallest absolute Gasteiger partial charge is 0.407 e. The van der Waals surface area contributed by atoms with E-state index < -0.39 is 30.3 Å². The largest absolute Gasteiger partial charge is 0.488 e. The Morgan fingerprint density at radius 2 is 1.65 bits per heavy atom. The number of nitrogens with one attached hydrogen (secondary N) is 4. The van der Waals surface area contributed by atoms with E-state index in [2.05, 4.69) is 63.9 Å². The van der Waals surface area contributed by atoms with Gasteiger partial charge in [-0.15, -0.1) is 0 Å². The van der Waals surface area contributed by atoms with E-state index in [-0.39, 0.29) is 41.8 Å². The van der Waals surface area contributed by atoms with Crippen LogP contribution in [0.3, 0.4) is 0 Å². The minimum atomic E-state index is -0.743. The molecule has 5 aromatic rings. The molecule has 3 aromatic carbocycles. The zero-order valence-corrected chi connectivity index (χ0v) is 38.9. The molecular weight excluding hydrogens is 841 g/mol. The highest BCUT2D eigenvalue weighted by Crippen LogP contribution is 2.44. The van der Waals surface area contributed by atoms with Gasteiger partial charge in [0, 0.05) is 36.2 Å². The third-order valence-corrected chi connectivity index (χ3v) is 14.6. The minimum absolute atomic E-state index is 0.00596. The number of ether oxygens (including phenoxy) is 4. The molecule has 16 nitrogen and oxygen atoms in total. The number of hydrogen-bond acceptors (Lipinski definition) is 10. The van der Waals surface area contributed by atoms with Gasteiger partial charge in [-0.25, -0.2) is 19.6 Å². The third-order valence-electron chi connectivity index (χ3n) is 14.6. The average Bonchev–Trinajstić information content (AvgIpc) is 4.16. The maximum Gasteiger partial charge on any atom is 0.407 e. The zero-order chi connectivity index (χ0) is 46.4. The lowest BCUT2D eigenvalue weighted by Crippen LogP contribution is -2.56. The Hall–Kier alpha value is -6.16. The predicted molar refractivity (Wildman–Crippen MR) is 248 cm³/mol. The minimum Gasteiger partial charge on any atom is -0.488 e. The molecule has 1 saturated carbocycles. The van der Waals surface area contributed by atoms with E-state index in [4.69, 9.17) is 28.9 Å². The van der Waals surface area contributed by atoms with E-state index in [1.165, 1.54) is 14.2 Å². The zero-order valence-electron chi connectivity index (χ0n) is 38.9. The summed E-state index contributed by atoms with van der Waals surface area (Å²) in [5.74, 6) is 1.98. The highest BCUT2D eigenvalue weighted by Gasteiger charge is 2.44. The van der Waals surface area contributed by atoms with E-state index in [0.717, 1.165) is 87.6 Å². The first kappa shape index (κ1) is 45.0. The Bertz CT molecular complexity index is 2640. The third kappa shape index (κ3) is 8.44. The normalized spacial score (nSPS) is 22.0. The quantitative estimate of drug-likeness (QED) is 0.100. The first-order valence-corrected chi connectivity index (χ1v) is 23.5. The maximum atomic E-state index is 14.8. The summed E-state index contributed by atoms with van der Waals surface area (Å²) in [6.45, 7) is 11.5. The van der Waals surface area contributed by atoms with Crippen LogP contribution in [0.25, 0.3) is 44.2 Å². The Balaban J connectivity index is 0.980. The summed E-state index contributed by atoms with van der Waals surface area (Å²) in [6.07, 6.45) is 6.42. The van der Waals surface area contributed by atoms with Gasteiger partial charge in [0.05, 0.1) is 49.2 Å². The monoisotopic (exact) mass is 902 g/mol. The van der Waals surface area contributed by atoms with Gasteiger partial charge in [-0.1, -0.05) is 45.4 Å². The molecule has 7 atom stereocenters. The molecule has 350 valence electrons. The van der Waals surface area contributed by atoms with E-state index >= 15 is 0 Å². The van der Waals surface area contributed by atoms with Crippen LogP contribution in [-0.2, 0) is 30.4 Å². The van der Waals surface area contributed by atoms with Crippen molar-refractivity contribution in [3.63, 3.8) is 0 Å². The highest BCUT2D eigenvalue weighted by molar-refractivity contribution is 6.07. The van der Waals surface area contributed by atoms with Gasteiger partial charge in [-0.05, 0) is 116 Å². The number of aromatic nitrogens is 4. The second kappa shape index (κ2) is 18.6. The number of rotatable bonds is 11. The van der Waals surface area contributed by atoms with Gasteiger partial charge in [-0.2, -0.15) is 0 Å². The molecule has 3 fully saturated rings. The fourth-order valence-electron chi connectivity index (χ4n) is 10.9. The van der Waals surface area contributed by atoms with Crippen LogP contribution in [0.1, 0.15) is 109 Å². The van der Waals surface area contributed by atoms with Gasteiger partial charge in [0.25, 0.3) is 0 Å². The first-order chi connectivity index (χ1) is 31.8. The number of aromatic amines is 2. The molecule has 2 saturated heterocycles. The maximum absolute atomic E-state index is 14.8. The topological polar surface area (TPSA) is 193 Å². The Kier molecular flexibility index (Phi) is 12.7. The number of amides is 4. The molecule has 4 N–H and O–H groups in total. The van der Waals surface area contributed by atoms with Crippen LogP contribution in [0.2, 0.25) is 0 Å². The molecular formula is C50H62N8O8. The number of fused-ring (bicyclic) bond motifs is 6. The molecule has 9 rings (SSSR count). The van der Waals surface area contributed by atoms with Crippen molar-refractivity contribution in [2.45, 2.75) is 122 Å². The number of benzene rings is 3. The lowest BCUT2D eigenvalue weighted by atomic mass is 9.89. The summed E-state index contributed by atoms with van der Waals surface area (Å²) in [5, 5.41) is 7.59. The SMILES string of the molecule is COC(=O)NC(C(=O)N1[C@@H](C)CC[C@H]1c1ncc(-c2ccc3c(c2)COc2cc4c(ccc5[nH]c([C@H](C)N(C(=O)[C@@H](NC(=O)OC)C6CCOCC6)[C@H]6CCC[C@H]6C)nc54)cc2-3)[nH]1)C(C)C. The molecule has 1 aliphatic carbocycles. The Morgan fingerprint density at radius 1 is 0.879 bits per heavy atom. The van der Waals surface area contributed by atoms with Crippen molar-refractivity contribution in [2.75, 3.05) is 27.4 Å². The first-order valence-electron chi connectivity index (χ1n) is 23.5. The summed E-state index contributed by atoms with van der Waals surface area (Å²) < 4.78 is 21.9. The number of imidazole rings is 2. The predicted octanol–water partition coefficient (Wildman–Crippen LogP) is 8.33. The molecule has 3 aliphatic heterocycles. The molecule has 2 aromatic heterocycles. The number of carbonyl (C=O) groups excluding carboxylic acids is 4. The van der Waals surface area contributed by atoms with Gasteiger partial charge in [0.1, 0.15) is 36.1 Å². The lowest BCUT2D eigenvalue weighted by molar-refractivity contribution is -0.142. The molecule has 0 spiro atoms. The number of carbonyl (C=O) groups is 4. The van der Waals surface area contributed by atoms with Crippen molar-refractivity contribution in [3.8, 4) is 28.1 Å². The Labute approximate surface area is 384 Å². The molecule has 4 amide bonds. The fourth-order valence-corrected chi connectivity index (χ4v) is 10.9. The molecule has 16 heteroatoms. The van der Waals surface area contributed by atoms with Crippen LogP contribution in [0.15, 0.2) is 48.7 Å². The van der Waals surface area contributed by atoms with Crippen molar-refractivity contribution >= 4 is 45.8 Å². The molecule has 5 heterocycles. The van der Waals surface area contributed by atoms with Gasteiger partial charge >= 0.3 is 12.2 Å². The van der Waals surface area contributed by atoms with Crippen molar-refractivity contribution in [1.82, 2.24) is 40.4 Å². The number of hydrogen-bond donors (Lipinski definition) is 4. The lowest BCUT2D eigenvalue weighted by Gasteiger charge is -2.40. The summed E-state index contributed by atoms with van der Waals surface area (Å²) in [6, 6.07) is 12.6. The second-order valence-corrected chi connectivity index (χ2v) is 19.0. The van der Waals surface area contributed by atoms with E-state index in [1.54, 1.807) is 0 Å². The van der Waals surface area contributed by atoms with Gasteiger partial charge in [-0.3, -0.25) is 9.59 Å². The Morgan fingerprint density at radius 3 is 2.38 bits per heavy atom. The van der Waals surface area contributed by atoms with Crippen molar-refractivity contribution < 1.29 is 38.1 Å². The van der Waals surface area contributed by atoms with E-state index in [9.17, 15) is 19.2 Å². The van der Waals surface area contributed by atoms with Crippen LogP contribution < -0.4 is 15.4 Å². The molecule has 4 aliphatic rings. The molecule has 1 unspecified atom stereocenters. The van der Waals surface area contributed by atoms with E-state index in [0.29, 0.717) is 50.2 Å². The standard InChI is InChI=1S/C50H62N8O8/c1-26(2)42(55-49(61)63-6)47(59)57-28(4)11-16-40(57)46-51-24-38(53-46)32-12-14-34-33(21-32)25-66-41-23-35-31(22-36(34)41)13-15-37-44(35)54-45(52-37)29(5)58(39-10-8-9-27(39)3)48(60)43(56-50(62)64-7)30-17-19-65-20-18-30/h12-15,21-24,26-30,39-40,42-43H,8-11,16-20,25H2,1-7H3,(H,51,53)(H,52,54)(H,55,61)(H,56,62)/t27-,28+,29+,39+,40+,42?,43+/m1/s1. The van der Waals surface area contributed by atoms with Gasteiger partial charge in [0.15, 0.2) is 0 Å². The van der Waals surface area contributed by atoms with Gasteiger partial charge in [0.2, 0.25) is 11.8 Å². The highest BCUT2D eigenvalue weighted by atomic mass is 16.5. The average molecular weight is 903 g/mol. The summed E-state index contributed by atoms with van der Waals surface area (Å²) in [4.78, 5) is 74.5. The fraction of sp³-hybridized carbons (Fsp3) is 0.520. The van der Waals surface area contributed by atoms with Crippen molar-refractivity contribution in [1.29, 1.82) is 0 Å². The number of nitrogens with zero attached hydrogens (tertiary/aromatic N) is 4. The van der Waals surface area contributed by atoms with Gasteiger partial charge < -0.3 is 49.3 Å². The van der Waals surface area contributed by atoms with Crippen LogP contribution in [0.5, 0.6) is 5.75 Å². The van der Waals surface area contributed by atoms with Crippen molar-refractivity contribution in [3.05, 3.63) is 65.9 Å². The van der Waals surface area contributed by atoms with Crippen LogP contribution >= 0.6 is 0 Å². The number of alkyl carbamates (subject to hydrolysis) is 2. The summed E-state index contributed by atoms with van der Waals surface area (Å²) in [7, 11) is 2.62. The van der Waals surface area contributed by atoms with Crippen molar-refractivity contribution in [2.24, 2.45) is 17.8 Å². The number of H-pyrrole nitrogens is 2.